The predicted octanol–water partition coefficient (Wildman–Crippen LogP) is 7.39. The topological polar surface area (TPSA) is 228 Å². The SMILES string of the molecule is CCCCCCCCCCCCCCCCCCC(=O)NC(COC1OC(CO)C(OC2OC(CO)C(O)C(O)C2O)C(O)C1O)C(O)CCCCCCCCCCCCCCCCC. The molecule has 0 aromatic rings. The maximum absolute atomic E-state index is 13.2. The Morgan fingerprint density at radius 1 is 0.492 bits per heavy atom. The van der Waals surface area contributed by atoms with Crippen LogP contribution >= 0.6 is 0 Å². The van der Waals surface area contributed by atoms with Crippen molar-refractivity contribution in [3.8, 4) is 0 Å². The number of rotatable bonds is 42. The quantitative estimate of drug-likeness (QED) is 0.0273. The summed E-state index contributed by atoms with van der Waals surface area (Å²) >= 11 is 0. The molecule has 2 fully saturated rings. The number of ether oxygens (including phenoxy) is 4. The Labute approximate surface area is 393 Å². The molecule has 2 rings (SSSR count). The first-order chi connectivity index (χ1) is 31.6. The van der Waals surface area contributed by atoms with Gasteiger partial charge in [-0.3, -0.25) is 4.79 Å². The van der Waals surface area contributed by atoms with Crippen molar-refractivity contribution in [3.05, 3.63) is 0 Å². The van der Waals surface area contributed by atoms with Crippen molar-refractivity contribution in [1.82, 2.24) is 5.32 Å². The summed E-state index contributed by atoms with van der Waals surface area (Å²) in [6.07, 6.45) is 22.4. The van der Waals surface area contributed by atoms with Crippen LogP contribution in [0, 0.1) is 0 Å². The molecule has 2 aliphatic heterocycles. The van der Waals surface area contributed by atoms with E-state index in [2.05, 4.69) is 19.2 Å². The number of hydrogen-bond acceptors (Lipinski definition) is 13. The molecule has 12 atom stereocenters. The minimum Gasteiger partial charge on any atom is -0.394 e. The van der Waals surface area contributed by atoms with E-state index in [1.165, 1.54) is 148 Å². The van der Waals surface area contributed by atoms with Crippen LogP contribution in [0.15, 0.2) is 0 Å². The lowest BCUT2D eigenvalue weighted by atomic mass is 9.97. The van der Waals surface area contributed by atoms with Crippen molar-refractivity contribution in [2.24, 2.45) is 0 Å². The van der Waals surface area contributed by atoms with Crippen molar-refractivity contribution >= 4 is 5.91 Å². The van der Waals surface area contributed by atoms with E-state index >= 15 is 0 Å². The molecule has 14 heteroatoms. The minimum atomic E-state index is -1.78. The van der Waals surface area contributed by atoms with Gasteiger partial charge in [0.2, 0.25) is 5.91 Å². The number of aliphatic hydroxyl groups is 8. The van der Waals surface area contributed by atoms with Crippen LogP contribution in [-0.4, -0.2) is 140 Å². The second kappa shape index (κ2) is 38.8. The number of amides is 1. The smallest absolute Gasteiger partial charge is 0.220 e. The first-order valence-corrected chi connectivity index (χ1v) is 26.8. The van der Waals surface area contributed by atoms with Crippen LogP contribution in [0.1, 0.15) is 226 Å². The van der Waals surface area contributed by atoms with Gasteiger partial charge in [0.25, 0.3) is 0 Å². The van der Waals surface area contributed by atoms with E-state index in [-0.39, 0.29) is 12.5 Å². The average Bonchev–Trinajstić information content (AvgIpc) is 3.30. The summed E-state index contributed by atoms with van der Waals surface area (Å²) in [7, 11) is 0. The summed E-state index contributed by atoms with van der Waals surface area (Å²) < 4.78 is 22.8. The highest BCUT2D eigenvalue weighted by atomic mass is 16.7. The Bertz CT molecular complexity index is 1100. The number of carbonyl (C=O) groups excluding carboxylic acids is 1. The van der Waals surface area contributed by atoms with E-state index < -0.39 is 86.8 Å². The van der Waals surface area contributed by atoms with E-state index in [4.69, 9.17) is 18.9 Å². The average molecular weight is 934 g/mol. The molecule has 386 valence electrons. The van der Waals surface area contributed by atoms with Crippen molar-refractivity contribution in [2.75, 3.05) is 19.8 Å². The molecule has 2 aliphatic rings. The molecule has 0 aromatic heterocycles. The van der Waals surface area contributed by atoms with E-state index in [1.54, 1.807) is 0 Å². The molecule has 0 spiro atoms. The standard InChI is InChI=1S/C51H99NO13/c1-3-5-7-9-11-13-15-17-19-21-23-25-27-29-31-33-35-43(56)52-39(40(55)34-32-30-28-26-24-22-20-18-16-14-12-10-8-6-4-2)38-62-50-48(61)46(59)49(42(37-54)64-50)65-51-47(60)45(58)44(57)41(36-53)63-51/h39-42,44-51,53-55,57-61H,3-38H2,1-2H3,(H,52,56). The monoisotopic (exact) mass is 934 g/mol. The normalized spacial score (nSPS) is 26.9. The summed E-state index contributed by atoms with van der Waals surface area (Å²) in [5, 5.41) is 87.0. The minimum absolute atomic E-state index is 0.203. The molecule has 65 heavy (non-hydrogen) atoms. The molecule has 1 amide bonds. The summed E-state index contributed by atoms with van der Waals surface area (Å²) in [6, 6.07) is -0.821. The number of aliphatic hydroxyl groups excluding tert-OH is 8. The van der Waals surface area contributed by atoms with Gasteiger partial charge in [0.15, 0.2) is 12.6 Å². The second-order valence-electron chi connectivity index (χ2n) is 19.4. The number of unbranched alkanes of at least 4 members (excludes halogenated alkanes) is 29. The predicted molar refractivity (Wildman–Crippen MR) is 254 cm³/mol. The number of carbonyl (C=O) groups is 1. The van der Waals surface area contributed by atoms with Gasteiger partial charge >= 0.3 is 0 Å². The zero-order valence-electron chi connectivity index (χ0n) is 41.0. The molecule has 9 N–H and O–H groups in total. The van der Waals surface area contributed by atoms with Gasteiger partial charge in [-0.25, -0.2) is 0 Å². The fourth-order valence-electron chi connectivity index (χ4n) is 9.18. The zero-order chi connectivity index (χ0) is 47.5. The molecule has 14 nitrogen and oxygen atoms in total. The number of nitrogens with one attached hydrogen (secondary N) is 1. The lowest BCUT2D eigenvalue weighted by Gasteiger charge is -2.46. The highest BCUT2D eigenvalue weighted by Crippen LogP contribution is 2.30. The Kier molecular flexibility index (Phi) is 35.9. The first kappa shape index (κ1) is 60.1. The van der Waals surface area contributed by atoms with Crippen molar-refractivity contribution < 1.29 is 64.6 Å². The Morgan fingerprint density at radius 2 is 0.877 bits per heavy atom. The molecule has 0 bridgehead atoms. The Morgan fingerprint density at radius 3 is 1.31 bits per heavy atom. The van der Waals surface area contributed by atoms with Crippen molar-refractivity contribution in [1.29, 1.82) is 0 Å². The van der Waals surface area contributed by atoms with E-state index in [1.807, 2.05) is 0 Å². The molecular formula is C51H99NO13. The summed E-state index contributed by atoms with van der Waals surface area (Å²) in [6.45, 7) is 2.87. The van der Waals surface area contributed by atoms with Crippen LogP contribution in [-0.2, 0) is 23.7 Å². The summed E-state index contributed by atoms with van der Waals surface area (Å²) in [5.41, 5.74) is 0. The molecule has 0 aliphatic carbocycles. The van der Waals surface area contributed by atoms with Gasteiger partial charge in [0, 0.05) is 6.42 Å². The van der Waals surface area contributed by atoms with Crippen LogP contribution in [0.5, 0.6) is 0 Å². The second-order valence-corrected chi connectivity index (χ2v) is 19.4. The third-order valence-electron chi connectivity index (χ3n) is 13.6. The van der Waals surface area contributed by atoms with Gasteiger partial charge in [0.1, 0.15) is 48.8 Å². The molecular weight excluding hydrogens is 835 g/mol. The Balaban J connectivity index is 1.81. The van der Waals surface area contributed by atoms with Crippen LogP contribution < -0.4 is 5.32 Å². The Hall–Kier alpha value is -1.01. The van der Waals surface area contributed by atoms with Gasteiger partial charge in [0.05, 0.1) is 32.0 Å². The third-order valence-corrected chi connectivity index (χ3v) is 13.6. The molecule has 0 radical (unpaired) electrons. The van der Waals surface area contributed by atoms with Gasteiger partial charge in [-0.15, -0.1) is 0 Å². The molecule has 2 saturated heterocycles. The largest absolute Gasteiger partial charge is 0.394 e. The zero-order valence-corrected chi connectivity index (χ0v) is 41.0. The number of hydrogen-bond donors (Lipinski definition) is 9. The maximum atomic E-state index is 13.2. The van der Waals surface area contributed by atoms with Crippen LogP contribution in [0.25, 0.3) is 0 Å². The molecule has 12 unspecified atom stereocenters. The van der Waals surface area contributed by atoms with Gasteiger partial charge < -0.3 is 65.1 Å². The van der Waals surface area contributed by atoms with Crippen LogP contribution in [0.3, 0.4) is 0 Å². The third kappa shape index (κ3) is 26.0. The molecule has 2 heterocycles. The van der Waals surface area contributed by atoms with Crippen molar-refractivity contribution in [3.63, 3.8) is 0 Å². The van der Waals surface area contributed by atoms with Gasteiger partial charge in [-0.05, 0) is 12.8 Å². The fraction of sp³-hybridized carbons (Fsp3) is 0.980. The van der Waals surface area contributed by atoms with E-state index in [0.717, 1.165) is 51.4 Å². The van der Waals surface area contributed by atoms with Crippen LogP contribution in [0.2, 0.25) is 0 Å². The van der Waals surface area contributed by atoms with Crippen LogP contribution in [0.4, 0.5) is 0 Å². The van der Waals surface area contributed by atoms with Gasteiger partial charge in [-0.1, -0.05) is 206 Å². The molecule has 0 saturated carbocycles. The van der Waals surface area contributed by atoms with Crippen molar-refractivity contribution in [2.45, 2.75) is 299 Å². The summed E-state index contributed by atoms with van der Waals surface area (Å²) in [5.74, 6) is -0.203. The molecule has 0 aromatic carbocycles. The lowest BCUT2D eigenvalue weighted by molar-refractivity contribution is -0.359. The highest BCUT2D eigenvalue weighted by Gasteiger charge is 2.51. The fourth-order valence-corrected chi connectivity index (χ4v) is 9.18. The van der Waals surface area contributed by atoms with E-state index in [0.29, 0.717) is 12.8 Å². The first-order valence-electron chi connectivity index (χ1n) is 26.8. The van der Waals surface area contributed by atoms with Gasteiger partial charge in [-0.2, -0.15) is 0 Å². The lowest BCUT2D eigenvalue weighted by Crippen LogP contribution is -2.65. The highest BCUT2D eigenvalue weighted by molar-refractivity contribution is 5.76. The maximum Gasteiger partial charge on any atom is 0.220 e. The summed E-state index contributed by atoms with van der Waals surface area (Å²) in [4.78, 5) is 13.2. The van der Waals surface area contributed by atoms with E-state index in [9.17, 15) is 45.6 Å².